The number of nitrogens with zero attached hydrogens (tertiary/aromatic N) is 4. The van der Waals surface area contributed by atoms with Crippen molar-refractivity contribution in [2.45, 2.75) is 63.4 Å². The highest BCUT2D eigenvalue weighted by atomic mass is 35.5. The first-order valence-corrected chi connectivity index (χ1v) is 16.9. The Hall–Kier alpha value is -3.93. The lowest BCUT2D eigenvalue weighted by Crippen LogP contribution is -2.40. The van der Waals surface area contributed by atoms with Gasteiger partial charge in [-0.25, -0.2) is 27.9 Å². The standard InChI is InChI=1S/C33H39ClN6O4S/c1-6-44-33(41)30-21(2)40(27-10-8-7-9-11-27)31(23-12-14-24(34)15-13-23)32(30)45(42,43)38-26-18-16-25(17-19-26)37-28-20-29(39(4)5)36-22(3)35-28/h7-15,20,25-26,38H,6,16-19H2,1-5H3,(H,35,36,37). The summed E-state index contributed by atoms with van der Waals surface area (Å²) >= 11 is 6.21. The predicted octanol–water partition coefficient (Wildman–Crippen LogP) is 6.15. The number of esters is 1. The molecule has 0 aliphatic heterocycles. The molecule has 238 valence electrons. The minimum Gasteiger partial charge on any atom is -0.462 e. The Morgan fingerprint density at radius 2 is 1.64 bits per heavy atom. The number of hydrogen-bond acceptors (Lipinski definition) is 8. The van der Waals surface area contributed by atoms with Gasteiger partial charge in [-0.1, -0.05) is 41.9 Å². The van der Waals surface area contributed by atoms with Gasteiger partial charge < -0.3 is 19.5 Å². The zero-order chi connectivity index (χ0) is 32.3. The van der Waals surface area contributed by atoms with Crippen molar-refractivity contribution < 1.29 is 17.9 Å². The second kappa shape index (κ2) is 13.6. The number of para-hydroxylation sites is 1. The van der Waals surface area contributed by atoms with E-state index in [0.717, 1.165) is 30.2 Å². The number of rotatable bonds is 10. The number of aromatic nitrogens is 3. The van der Waals surface area contributed by atoms with Crippen molar-refractivity contribution >= 4 is 39.2 Å². The van der Waals surface area contributed by atoms with Gasteiger partial charge in [0.2, 0.25) is 10.0 Å². The van der Waals surface area contributed by atoms with E-state index in [0.29, 0.717) is 40.6 Å². The van der Waals surface area contributed by atoms with Crippen molar-refractivity contribution in [2.75, 3.05) is 30.9 Å². The van der Waals surface area contributed by atoms with Crippen LogP contribution in [0.25, 0.3) is 16.9 Å². The van der Waals surface area contributed by atoms with Crippen molar-refractivity contribution in [1.82, 2.24) is 19.3 Å². The SMILES string of the molecule is CCOC(=O)c1c(S(=O)(=O)NC2CCC(Nc3cc(N(C)C)nc(C)n3)CC2)c(-c2ccc(Cl)cc2)n(-c2ccccc2)c1C. The number of aryl methyl sites for hydroxylation is 1. The van der Waals surface area contributed by atoms with Crippen molar-refractivity contribution in [3.8, 4) is 16.9 Å². The van der Waals surface area contributed by atoms with E-state index in [1.807, 2.05) is 62.3 Å². The molecule has 2 N–H and O–H groups in total. The average molecular weight is 651 g/mol. The molecule has 0 spiro atoms. The van der Waals surface area contributed by atoms with Crippen molar-refractivity contribution in [1.29, 1.82) is 0 Å². The third kappa shape index (κ3) is 7.16. The van der Waals surface area contributed by atoms with Gasteiger partial charge >= 0.3 is 5.97 Å². The minimum absolute atomic E-state index is 0.0179. The third-order valence-electron chi connectivity index (χ3n) is 7.93. The van der Waals surface area contributed by atoms with Gasteiger partial charge in [0.1, 0.15) is 27.9 Å². The molecule has 1 aliphatic rings. The van der Waals surface area contributed by atoms with Crippen LogP contribution in [-0.2, 0) is 14.8 Å². The van der Waals surface area contributed by atoms with Crippen LogP contribution in [0.2, 0.25) is 5.02 Å². The summed E-state index contributed by atoms with van der Waals surface area (Å²) in [6.45, 7) is 5.41. The summed E-state index contributed by atoms with van der Waals surface area (Å²) in [6.07, 6.45) is 2.72. The van der Waals surface area contributed by atoms with Crippen LogP contribution >= 0.6 is 11.6 Å². The monoisotopic (exact) mass is 650 g/mol. The number of anilines is 2. The summed E-state index contributed by atoms with van der Waals surface area (Å²) in [6, 6.07) is 18.0. The van der Waals surface area contributed by atoms with E-state index in [1.165, 1.54) is 0 Å². The Balaban J connectivity index is 1.48. The van der Waals surface area contributed by atoms with Gasteiger partial charge in [-0.05, 0) is 70.7 Å². The fourth-order valence-corrected chi connectivity index (χ4v) is 7.72. The normalized spacial score (nSPS) is 16.8. The molecular weight excluding hydrogens is 612 g/mol. The summed E-state index contributed by atoms with van der Waals surface area (Å²) < 4.78 is 39.0. The summed E-state index contributed by atoms with van der Waals surface area (Å²) in [5.74, 6) is 1.56. The highest BCUT2D eigenvalue weighted by Gasteiger charge is 2.37. The molecule has 5 rings (SSSR count). The summed E-state index contributed by atoms with van der Waals surface area (Å²) in [5.41, 5.74) is 2.18. The van der Waals surface area contributed by atoms with Crippen LogP contribution in [0.15, 0.2) is 65.6 Å². The van der Waals surface area contributed by atoms with Gasteiger partial charge in [-0.15, -0.1) is 0 Å². The maximum atomic E-state index is 14.4. The molecule has 0 bridgehead atoms. The average Bonchev–Trinajstić information content (AvgIpc) is 3.32. The minimum atomic E-state index is -4.20. The van der Waals surface area contributed by atoms with Crippen molar-refractivity contribution in [3.63, 3.8) is 0 Å². The highest BCUT2D eigenvalue weighted by molar-refractivity contribution is 7.89. The van der Waals surface area contributed by atoms with Crippen LogP contribution in [0.4, 0.5) is 11.6 Å². The largest absolute Gasteiger partial charge is 0.462 e. The molecule has 2 heterocycles. The van der Waals surface area contributed by atoms with E-state index in [1.54, 1.807) is 42.7 Å². The first-order valence-electron chi connectivity index (χ1n) is 15.0. The fourth-order valence-electron chi connectivity index (χ4n) is 5.83. The Labute approximate surface area is 269 Å². The third-order valence-corrected chi connectivity index (χ3v) is 9.76. The summed E-state index contributed by atoms with van der Waals surface area (Å²) in [5, 5.41) is 4.02. The van der Waals surface area contributed by atoms with Crippen molar-refractivity contribution in [2.24, 2.45) is 0 Å². The second-order valence-corrected chi connectivity index (χ2v) is 13.5. The number of nitrogens with one attached hydrogen (secondary N) is 2. The van der Waals surface area contributed by atoms with E-state index >= 15 is 0 Å². The fraction of sp³-hybridized carbons (Fsp3) is 0.364. The smallest absolute Gasteiger partial charge is 0.341 e. The lowest BCUT2D eigenvalue weighted by Gasteiger charge is -2.30. The van der Waals surface area contributed by atoms with Gasteiger partial charge in [0.15, 0.2) is 0 Å². The number of benzene rings is 2. The molecule has 2 aromatic heterocycles. The van der Waals surface area contributed by atoms with E-state index in [2.05, 4.69) is 20.0 Å². The Morgan fingerprint density at radius 3 is 2.27 bits per heavy atom. The summed E-state index contributed by atoms with van der Waals surface area (Å²) in [4.78, 5) is 24.3. The molecule has 45 heavy (non-hydrogen) atoms. The predicted molar refractivity (Wildman–Crippen MR) is 178 cm³/mol. The highest BCUT2D eigenvalue weighted by Crippen LogP contribution is 2.39. The van der Waals surface area contributed by atoms with Crippen LogP contribution in [0.5, 0.6) is 0 Å². The number of sulfonamides is 1. The number of ether oxygens (including phenoxy) is 1. The molecule has 0 unspecified atom stereocenters. The van der Waals surface area contributed by atoms with Crippen LogP contribution in [0.1, 0.15) is 54.5 Å². The topological polar surface area (TPSA) is 118 Å². The molecule has 10 nitrogen and oxygen atoms in total. The van der Waals surface area contributed by atoms with E-state index < -0.39 is 16.0 Å². The zero-order valence-corrected chi connectivity index (χ0v) is 27.7. The molecule has 12 heteroatoms. The molecule has 1 saturated carbocycles. The molecule has 1 fully saturated rings. The molecule has 0 saturated heterocycles. The number of halogens is 1. The molecule has 0 radical (unpaired) electrons. The van der Waals surface area contributed by atoms with Gasteiger partial charge in [-0.3, -0.25) is 0 Å². The first-order chi connectivity index (χ1) is 21.5. The van der Waals surface area contributed by atoms with Crippen LogP contribution in [0.3, 0.4) is 0 Å². The van der Waals surface area contributed by atoms with Gasteiger partial charge in [-0.2, -0.15) is 0 Å². The van der Waals surface area contributed by atoms with Crippen LogP contribution in [-0.4, -0.2) is 61.7 Å². The van der Waals surface area contributed by atoms with E-state index in [4.69, 9.17) is 16.3 Å². The second-order valence-electron chi connectivity index (χ2n) is 11.4. The Bertz CT molecular complexity index is 1770. The van der Waals surface area contributed by atoms with Crippen molar-refractivity contribution in [3.05, 3.63) is 82.8 Å². The molecule has 0 atom stereocenters. The Kier molecular flexibility index (Phi) is 9.81. The molecule has 4 aromatic rings. The summed E-state index contributed by atoms with van der Waals surface area (Å²) in [7, 11) is -0.332. The van der Waals surface area contributed by atoms with Gasteiger partial charge in [0.05, 0.1) is 12.3 Å². The quantitative estimate of drug-likeness (QED) is 0.196. The maximum Gasteiger partial charge on any atom is 0.341 e. The van der Waals surface area contributed by atoms with E-state index in [-0.39, 0.29) is 29.1 Å². The van der Waals surface area contributed by atoms with E-state index in [9.17, 15) is 13.2 Å². The number of carbonyl (C=O) groups is 1. The zero-order valence-electron chi connectivity index (χ0n) is 26.2. The lowest BCUT2D eigenvalue weighted by molar-refractivity contribution is 0.0521. The lowest BCUT2D eigenvalue weighted by atomic mass is 9.92. The van der Waals surface area contributed by atoms with Crippen LogP contribution < -0.4 is 14.9 Å². The van der Waals surface area contributed by atoms with Crippen LogP contribution in [0, 0.1) is 13.8 Å². The molecule has 0 amide bonds. The molecule has 1 aliphatic carbocycles. The first kappa shape index (κ1) is 32.5. The number of hydrogen-bond donors (Lipinski definition) is 2. The molecule has 2 aromatic carbocycles. The van der Waals surface area contributed by atoms with Gasteiger partial charge in [0.25, 0.3) is 0 Å². The maximum absolute atomic E-state index is 14.4. The molecular formula is C33H39ClN6O4S. The number of carbonyl (C=O) groups excluding carboxylic acids is 1. The van der Waals surface area contributed by atoms with Gasteiger partial charge in [0, 0.05) is 54.2 Å². The Morgan fingerprint density at radius 1 is 1.00 bits per heavy atom.